The highest BCUT2D eigenvalue weighted by Gasteiger charge is 2.15. The molecular formula is C40H39ClN2O7. The number of amides is 1. The molecule has 0 heterocycles. The topological polar surface area (TPSA) is 96.8 Å². The molecule has 0 radical (unpaired) electrons. The molecule has 50 heavy (non-hydrogen) atoms. The van der Waals surface area contributed by atoms with Crippen molar-refractivity contribution in [3.8, 4) is 34.5 Å². The number of carbonyl (C=O) groups excluding carboxylic acids is 1. The summed E-state index contributed by atoms with van der Waals surface area (Å²) in [5.74, 6) is 2.63. The highest BCUT2D eigenvalue weighted by atomic mass is 35.5. The Labute approximate surface area is 297 Å². The number of carbonyl (C=O) groups is 1. The van der Waals surface area contributed by atoms with Gasteiger partial charge in [0.1, 0.15) is 19.8 Å². The molecule has 10 heteroatoms. The fourth-order valence-corrected chi connectivity index (χ4v) is 5.15. The van der Waals surface area contributed by atoms with E-state index < -0.39 is 5.91 Å². The number of halogens is 1. The predicted molar refractivity (Wildman–Crippen MR) is 194 cm³/mol. The summed E-state index contributed by atoms with van der Waals surface area (Å²) in [6, 6.07) is 33.8. The van der Waals surface area contributed by atoms with E-state index >= 15 is 0 Å². The number of hydrogen-bond acceptors (Lipinski definition) is 8. The van der Waals surface area contributed by atoms with Gasteiger partial charge < -0.3 is 28.4 Å². The van der Waals surface area contributed by atoms with E-state index in [4.69, 9.17) is 40.0 Å². The van der Waals surface area contributed by atoms with Crippen LogP contribution < -0.4 is 33.8 Å². The van der Waals surface area contributed by atoms with Crippen LogP contribution in [0.4, 0.5) is 0 Å². The van der Waals surface area contributed by atoms with Crippen LogP contribution in [-0.2, 0) is 19.8 Å². The molecule has 0 atom stereocenters. The first-order chi connectivity index (χ1) is 24.5. The Bertz CT molecular complexity index is 1880. The summed E-state index contributed by atoms with van der Waals surface area (Å²) in [6.45, 7) is 5.67. The Morgan fingerprint density at radius 2 is 1.24 bits per heavy atom. The van der Waals surface area contributed by atoms with Gasteiger partial charge in [0.05, 0.1) is 31.6 Å². The van der Waals surface area contributed by atoms with E-state index in [9.17, 15) is 4.79 Å². The molecule has 258 valence electrons. The Morgan fingerprint density at radius 3 is 1.88 bits per heavy atom. The molecule has 5 aromatic carbocycles. The molecule has 1 N–H and O–H groups in total. The molecule has 0 aliphatic carbocycles. The number of hydrogen-bond donors (Lipinski definition) is 1. The SMILES string of the molecule is CCOc1cc(COc2c(Cl)cc(/C=N/NC(=O)c3ccc(OCc4ccccc4)c(OC)c3)cc2OCC)ccc1OCc1ccccc1. The first-order valence-corrected chi connectivity index (χ1v) is 16.5. The number of benzene rings is 5. The van der Waals surface area contributed by atoms with Gasteiger partial charge in [-0.25, -0.2) is 5.43 Å². The molecular weight excluding hydrogens is 656 g/mol. The monoisotopic (exact) mass is 694 g/mol. The van der Waals surface area contributed by atoms with Crippen molar-refractivity contribution in [2.24, 2.45) is 5.10 Å². The van der Waals surface area contributed by atoms with Crippen LogP contribution in [0.15, 0.2) is 114 Å². The Kier molecular flexibility index (Phi) is 13.0. The summed E-state index contributed by atoms with van der Waals surface area (Å²) in [6.07, 6.45) is 1.48. The maximum atomic E-state index is 12.9. The average molecular weight is 695 g/mol. The van der Waals surface area contributed by atoms with Gasteiger partial charge >= 0.3 is 0 Å². The summed E-state index contributed by atoms with van der Waals surface area (Å²) >= 11 is 6.67. The van der Waals surface area contributed by atoms with E-state index in [0.717, 1.165) is 16.7 Å². The van der Waals surface area contributed by atoms with Crippen LogP contribution in [0.25, 0.3) is 0 Å². The number of rotatable bonds is 17. The minimum absolute atomic E-state index is 0.210. The molecule has 0 aromatic heterocycles. The minimum Gasteiger partial charge on any atom is -0.493 e. The van der Waals surface area contributed by atoms with E-state index in [1.807, 2.05) is 92.7 Å². The van der Waals surface area contributed by atoms with Crippen molar-refractivity contribution >= 4 is 23.7 Å². The van der Waals surface area contributed by atoms with Crippen molar-refractivity contribution < 1.29 is 33.2 Å². The van der Waals surface area contributed by atoms with Crippen LogP contribution >= 0.6 is 11.6 Å². The fraction of sp³-hybridized carbons (Fsp3) is 0.200. The van der Waals surface area contributed by atoms with Gasteiger partial charge in [-0.3, -0.25) is 4.79 Å². The van der Waals surface area contributed by atoms with E-state index in [2.05, 4.69) is 10.5 Å². The summed E-state index contributed by atoms with van der Waals surface area (Å²) < 4.78 is 35.2. The van der Waals surface area contributed by atoms with Crippen LogP contribution in [0, 0.1) is 0 Å². The van der Waals surface area contributed by atoms with E-state index in [0.29, 0.717) is 77.1 Å². The van der Waals surface area contributed by atoms with Crippen molar-refractivity contribution in [3.05, 3.63) is 142 Å². The lowest BCUT2D eigenvalue weighted by molar-refractivity contribution is 0.0954. The van der Waals surface area contributed by atoms with Gasteiger partial charge in [0, 0.05) is 5.56 Å². The van der Waals surface area contributed by atoms with Crippen LogP contribution in [0.1, 0.15) is 46.5 Å². The quantitative estimate of drug-likeness (QED) is 0.0769. The lowest BCUT2D eigenvalue weighted by atomic mass is 10.2. The first-order valence-electron chi connectivity index (χ1n) is 16.2. The van der Waals surface area contributed by atoms with Crippen molar-refractivity contribution in [2.45, 2.75) is 33.7 Å². The van der Waals surface area contributed by atoms with Crippen molar-refractivity contribution in [1.82, 2.24) is 5.43 Å². The molecule has 0 spiro atoms. The molecule has 0 saturated heterocycles. The third-order valence-electron chi connectivity index (χ3n) is 7.30. The predicted octanol–water partition coefficient (Wildman–Crippen LogP) is 8.65. The smallest absolute Gasteiger partial charge is 0.271 e. The number of ether oxygens (including phenoxy) is 6. The fourth-order valence-electron chi connectivity index (χ4n) is 4.88. The number of methoxy groups -OCH3 is 1. The second kappa shape index (κ2) is 18.2. The van der Waals surface area contributed by atoms with Crippen molar-refractivity contribution in [3.63, 3.8) is 0 Å². The summed E-state index contributed by atoms with van der Waals surface area (Å²) in [4.78, 5) is 12.9. The van der Waals surface area contributed by atoms with Gasteiger partial charge in [0.25, 0.3) is 5.91 Å². The molecule has 1 amide bonds. The van der Waals surface area contributed by atoms with E-state index in [-0.39, 0.29) is 6.61 Å². The lowest BCUT2D eigenvalue weighted by Gasteiger charge is -2.16. The largest absolute Gasteiger partial charge is 0.493 e. The van der Waals surface area contributed by atoms with Crippen molar-refractivity contribution in [2.75, 3.05) is 20.3 Å². The second-order valence-corrected chi connectivity index (χ2v) is 11.3. The maximum absolute atomic E-state index is 12.9. The van der Waals surface area contributed by atoms with Crippen LogP contribution in [0.2, 0.25) is 5.02 Å². The van der Waals surface area contributed by atoms with Crippen LogP contribution in [-0.4, -0.2) is 32.4 Å². The molecule has 5 aromatic rings. The Balaban J connectivity index is 1.21. The van der Waals surface area contributed by atoms with Gasteiger partial charge in [-0.1, -0.05) is 78.3 Å². The highest BCUT2D eigenvalue weighted by Crippen LogP contribution is 2.38. The average Bonchev–Trinajstić information content (AvgIpc) is 3.14. The highest BCUT2D eigenvalue weighted by molar-refractivity contribution is 6.32. The standard InChI is InChI=1S/C40H39ClN2O7/c1-4-46-37-21-30(16-18-35(37)49-26-29-14-10-7-11-15-29)27-50-39-33(41)20-31(22-38(39)47-5-2)24-42-43-40(44)32-17-19-34(36(23-32)45-3)48-25-28-12-8-6-9-13-28/h6-24H,4-5,25-27H2,1-3H3,(H,43,44)/b42-24+. The molecule has 0 fully saturated rings. The Morgan fingerprint density at radius 1 is 0.640 bits per heavy atom. The van der Waals surface area contributed by atoms with Crippen LogP contribution in [0.3, 0.4) is 0 Å². The zero-order valence-electron chi connectivity index (χ0n) is 28.2. The third-order valence-corrected chi connectivity index (χ3v) is 7.58. The normalized spacial score (nSPS) is 10.8. The molecule has 0 aliphatic heterocycles. The zero-order chi connectivity index (χ0) is 35.1. The zero-order valence-corrected chi connectivity index (χ0v) is 28.9. The molecule has 5 rings (SSSR count). The summed E-state index contributed by atoms with van der Waals surface area (Å²) in [5, 5.41) is 4.46. The lowest BCUT2D eigenvalue weighted by Crippen LogP contribution is -2.17. The number of hydrazone groups is 1. The number of nitrogens with zero attached hydrogens (tertiary/aromatic N) is 1. The van der Waals surface area contributed by atoms with Gasteiger partial charge in [-0.05, 0) is 78.6 Å². The second-order valence-electron chi connectivity index (χ2n) is 10.9. The molecule has 9 nitrogen and oxygen atoms in total. The Hall–Kier alpha value is -5.67. The van der Waals surface area contributed by atoms with E-state index in [1.165, 1.54) is 13.3 Å². The van der Waals surface area contributed by atoms with Gasteiger partial charge in [-0.2, -0.15) is 5.10 Å². The van der Waals surface area contributed by atoms with Crippen molar-refractivity contribution in [1.29, 1.82) is 0 Å². The number of nitrogens with one attached hydrogen (secondary N) is 1. The summed E-state index contributed by atoms with van der Waals surface area (Å²) in [5.41, 5.74) is 6.44. The molecule has 0 unspecified atom stereocenters. The van der Waals surface area contributed by atoms with Gasteiger partial charge in [0.15, 0.2) is 34.5 Å². The molecule has 0 aliphatic rings. The molecule has 0 bridgehead atoms. The summed E-state index contributed by atoms with van der Waals surface area (Å²) in [7, 11) is 1.52. The minimum atomic E-state index is -0.423. The van der Waals surface area contributed by atoms with E-state index in [1.54, 1.807) is 30.3 Å². The van der Waals surface area contributed by atoms with Gasteiger partial charge in [-0.15, -0.1) is 0 Å². The van der Waals surface area contributed by atoms with Crippen LogP contribution in [0.5, 0.6) is 34.5 Å². The third kappa shape index (κ3) is 9.93. The van der Waals surface area contributed by atoms with Gasteiger partial charge in [0.2, 0.25) is 0 Å². The first kappa shape index (κ1) is 35.6. The molecule has 0 saturated carbocycles. The maximum Gasteiger partial charge on any atom is 0.271 e.